The van der Waals surface area contributed by atoms with E-state index in [-0.39, 0.29) is 5.91 Å². The van der Waals surface area contributed by atoms with E-state index >= 15 is 0 Å². The number of anilines is 1. The lowest BCUT2D eigenvalue weighted by Gasteiger charge is -2.13. The zero-order valence-corrected chi connectivity index (χ0v) is 13.0. The van der Waals surface area contributed by atoms with Crippen LogP contribution in [0.4, 0.5) is 5.69 Å². The van der Waals surface area contributed by atoms with Gasteiger partial charge in [0.1, 0.15) is 5.76 Å². The number of rotatable bonds is 4. The average molecular weight is 307 g/mol. The predicted octanol–water partition coefficient (Wildman–Crippen LogP) is 3.40. The minimum Gasteiger partial charge on any atom is -0.465 e. The Morgan fingerprint density at radius 3 is 2.78 bits per heavy atom. The van der Waals surface area contributed by atoms with Crippen molar-refractivity contribution in [2.24, 2.45) is 0 Å². The minimum absolute atomic E-state index is 0.161. The number of hydrogen-bond donors (Lipinski definition) is 0. The molecule has 0 fully saturated rings. The maximum atomic E-state index is 12.5. The Hall–Kier alpha value is -3.08. The second-order valence-corrected chi connectivity index (χ2v) is 5.28. The molecule has 0 aliphatic carbocycles. The Morgan fingerprint density at radius 1 is 1.17 bits per heavy atom. The summed E-state index contributed by atoms with van der Waals surface area (Å²) in [5.74, 6) is 0.580. The molecule has 0 bridgehead atoms. The molecular weight excluding hydrogens is 290 g/mol. The number of aromatic nitrogens is 2. The second-order valence-electron chi connectivity index (χ2n) is 5.28. The Morgan fingerprint density at radius 2 is 2.04 bits per heavy atom. The summed E-state index contributed by atoms with van der Waals surface area (Å²) >= 11 is 0. The van der Waals surface area contributed by atoms with Crippen LogP contribution in [0.5, 0.6) is 0 Å². The average Bonchev–Trinajstić information content (AvgIpc) is 3.24. The standard InChI is InChI=1S/C18H17N3O2/c1-20(2)16-6-3-5-14(13-16)18(22)21-11-10-15(19-21)8-9-17-7-4-12-23-17/h3-13H,1-2H3. The number of carbonyl (C=O) groups excluding carboxylic acids is 1. The molecule has 0 saturated carbocycles. The summed E-state index contributed by atoms with van der Waals surface area (Å²) in [6, 6.07) is 12.9. The molecule has 23 heavy (non-hydrogen) atoms. The predicted molar refractivity (Wildman–Crippen MR) is 90.4 cm³/mol. The lowest BCUT2D eigenvalue weighted by atomic mass is 10.2. The highest BCUT2D eigenvalue weighted by Gasteiger charge is 2.10. The Bertz CT molecular complexity index is 830. The van der Waals surface area contributed by atoms with Crippen LogP contribution in [0, 0.1) is 0 Å². The Balaban J connectivity index is 1.80. The molecule has 2 aromatic heterocycles. The smallest absolute Gasteiger partial charge is 0.278 e. The normalized spacial score (nSPS) is 11.0. The van der Waals surface area contributed by atoms with Crippen LogP contribution in [0.15, 0.2) is 59.3 Å². The highest BCUT2D eigenvalue weighted by atomic mass is 16.3. The van der Waals surface area contributed by atoms with Gasteiger partial charge in [0.15, 0.2) is 0 Å². The molecule has 0 aliphatic heterocycles. The fourth-order valence-electron chi connectivity index (χ4n) is 2.14. The van der Waals surface area contributed by atoms with Crippen molar-refractivity contribution in [1.29, 1.82) is 0 Å². The van der Waals surface area contributed by atoms with E-state index in [4.69, 9.17) is 4.42 Å². The molecule has 116 valence electrons. The molecule has 0 unspecified atom stereocenters. The first-order chi connectivity index (χ1) is 11.1. The van der Waals surface area contributed by atoms with Crippen molar-refractivity contribution in [1.82, 2.24) is 9.78 Å². The number of nitrogens with zero attached hydrogens (tertiary/aromatic N) is 3. The summed E-state index contributed by atoms with van der Waals surface area (Å²) in [5, 5.41) is 4.29. The molecule has 2 heterocycles. The highest BCUT2D eigenvalue weighted by molar-refractivity contribution is 5.96. The molecule has 0 atom stereocenters. The van der Waals surface area contributed by atoms with Gasteiger partial charge in [0, 0.05) is 31.5 Å². The molecule has 3 aromatic rings. The maximum absolute atomic E-state index is 12.5. The van der Waals surface area contributed by atoms with E-state index < -0.39 is 0 Å². The number of hydrogen-bond acceptors (Lipinski definition) is 4. The van der Waals surface area contributed by atoms with Gasteiger partial charge in [-0.3, -0.25) is 4.79 Å². The van der Waals surface area contributed by atoms with Gasteiger partial charge in [0.2, 0.25) is 0 Å². The van der Waals surface area contributed by atoms with Crippen LogP contribution in [0.3, 0.4) is 0 Å². The van der Waals surface area contributed by atoms with Gasteiger partial charge in [-0.2, -0.15) is 5.10 Å². The first kappa shape index (κ1) is 14.8. The van der Waals surface area contributed by atoms with Crippen LogP contribution >= 0.6 is 0 Å². The highest BCUT2D eigenvalue weighted by Crippen LogP contribution is 2.15. The van der Waals surface area contributed by atoms with E-state index in [1.54, 1.807) is 30.7 Å². The van der Waals surface area contributed by atoms with E-state index in [2.05, 4.69) is 5.10 Å². The summed E-state index contributed by atoms with van der Waals surface area (Å²) in [5.41, 5.74) is 2.26. The van der Waals surface area contributed by atoms with Gasteiger partial charge >= 0.3 is 0 Å². The number of carbonyl (C=O) groups is 1. The van der Waals surface area contributed by atoms with Crippen molar-refractivity contribution in [2.45, 2.75) is 0 Å². The van der Waals surface area contributed by atoms with Crippen molar-refractivity contribution in [3.05, 3.63) is 71.9 Å². The third-order valence-electron chi connectivity index (χ3n) is 3.39. The van der Waals surface area contributed by atoms with E-state index in [0.29, 0.717) is 11.3 Å². The van der Waals surface area contributed by atoms with Crippen LogP contribution < -0.4 is 4.90 Å². The van der Waals surface area contributed by atoms with E-state index in [9.17, 15) is 4.79 Å². The molecule has 3 rings (SSSR count). The van der Waals surface area contributed by atoms with Crippen molar-refractivity contribution < 1.29 is 9.21 Å². The minimum atomic E-state index is -0.161. The van der Waals surface area contributed by atoms with E-state index in [1.807, 2.05) is 55.4 Å². The van der Waals surface area contributed by atoms with Crippen LogP contribution in [-0.2, 0) is 0 Å². The Labute approximate surface area is 134 Å². The zero-order chi connectivity index (χ0) is 16.2. The SMILES string of the molecule is CN(C)c1cccc(C(=O)n2ccc(C=Cc3ccco3)n2)c1. The van der Waals surface area contributed by atoms with Gasteiger partial charge in [-0.25, -0.2) is 4.68 Å². The monoisotopic (exact) mass is 307 g/mol. The summed E-state index contributed by atoms with van der Waals surface area (Å²) in [4.78, 5) is 14.5. The number of benzene rings is 1. The summed E-state index contributed by atoms with van der Waals surface area (Å²) in [6.07, 6.45) is 6.88. The fraction of sp³-hybridized carbons (Fsp3) is 0.111. The molecule has 5 heteroatoms. The molecule has 0 aliphatic rings. The van der Waals surface area contributed by atoms with Gasteiger partial charge in [-0.05, 0) is 48.6 Å². The summed E-state index contributed by atoms with van der Waals surface area (Å²) < 4.78 is 6.57. The van der Waals surface area contributed by atoms with Crippen molar-refractivity contribution in [3.63, 3.8) is 0 Å². The molecule has 0 saturated heterocycles. The molecule has 0 spiro atoms. The third kappa shape index (κ3) is 3.40. The van der Waals surface area contributed by atoms with Gasteiger partial charge in [-0.1, -0.05) is 6.07 Å². The van der Waals surface area contributed by atoms with Crippen LogP contribution in [0.2, 0.25) is 0 Å². The van der Waals surface area contributed by atoms with Crippen molar-refractivity contribution in [2.75, 3.05) is 19.0 Å². The molecule has 0 radical (unpaired) electrons. The van der Waals surface area contributed by atoms with E-state index in [1.165, 1.54) is 4.68 Å². The quantitative estimate of drug-likeness (QED) is 0.741. The van der Waals surface area contributed by atoms with Gasteiger partial charge in [0.05, 0.1) is 12.0 Å². The first-order valence-electron chi connectivity index (χ1n) is 7.23. The molecular formula is C18H17N3O2. The van der Waals surface area contributed by atoms with Gasteiger partial charge < -0.3 is 9.32 Å². The topological polar surface area (TPSA) is 51.3 Å². The molecule has 0 N–H and O–H groups in total. The lowest BCUT2D eigenvalue weighted by molar-refractivity contribution is 0.0945. The summed E-state index contributed by atoms with van der Waals surface area (Å²) in [6.45, 7) is 0. The van der Waals surface area contributed by atoms with Crippen LogP contribution in [0.1, 0.15) is 21.8 Å². The van der Waals surface area contributed by atoms with Crippen molar-refractivity contribution in [3.8, 4) is 0 Å². The van der Waals surface area contributed by atoms with Crippen molar-refractivity contribution >= 4 is 23.7 Å². The fourth-order valence-corrected chi connectivity index (χ4v) is 2.14. The number of furan rings is 1. The van der Waals surface area contributed by atoms with Crippen LogP contribution in [0.25, 0.3) is 12.2 Å². The third-order valence-corrected chi connectivity index (χ3v) is 3.39. The summed E-state index contributed by atoms with van der Waals surface area (Å²) in [7, 11) is 3.88. The van der Waals surface area contributed by atoms with Gasteiger partial charge in [-0.15, -0.1) is 0 Å². The first-order valence-corrected chi connectivity index (χ1v) is 7.23. The molecule has 1 aromatic carbocycles. The molecule has 0 amide bonds. The maximum Gasteiger partial charge on any atom is 0.278 e. The van der Waals surface area contributed by atoms with Gasteiger partial charge in [0.25, 0.3) is 5.91 Å². The van der Waals surface area contributed by atoms with E-state index in [0.717, 1.165) is 11.4 Å². The molecule has 5 nitrogen and oxygen atoms in total. The lowest BCUT2D eigenvalue weighted by Crippen LogP contribution is -2.14. The largest absolute Gasteiger partial charge is 0.465 e. The zero-order valence-electron chi connectivity index (χ0n) is 13.0. The van der Waals surface area contributed by atoms with Crippen LogP contribution in [-0.4, -0.2) is 29.8 Å². The second kappa shape index (κ2) is 6.36. The Kier molecular flexibility index (Phi) is 4.10.